The molecule has 1 aliphatic heterocycles. The van der Waals surface area contributed by atoms with Gasteiger partial charge in [-0.1, -0.05) is 34.1 Å². The summed E-state index contributed by atoms with van der Waals surface area (Å²) in [5.41, 5.74) is 0.359. The van der Waals surface area contributed by atoms with Crippen LogP contribution in [-0.2, 0) is 14.9 Å². The van der Waals surface area contributed by atoms with Crippen molar-refractivity contribution >= 4 is 16.0 Å². The molecule has 0 aromatic heterocycles. The van der Waals surface area contributed by atoms with Crippen molar-refractivity contribution in [3.05, 3.63) is 0 Å². The van der Waals surface area contributed by atoms with E-state index in [0.29, 0.717) is 61.3 Å². The fourth-order valence-electron chi connectivity index (χ4n) is 11.0. The summed E-state index contributed by atoms with van der Waals surface area (Å²) in [5, 5.41) is 21.4. The molecule has 0 radical (unpaired) electrons. The number of fused-ring (bicyclic) bond motifs is 5. The summed E-state index contributed by atoms with van der Waals surface area (Å²) >= 11 is 0. The van der Waals surface area contributed by atoms with Crippen molar-refractivity contribution in [3.63, 3.8) is 0 Å². The summed E-state index contributed by atoms with van der Waals surface area (Å²) in [4.78, 5) is 14.6. The van der Waals surface area contributed by atoms with Gasteiger partial charge in [-0.05, 0) is 116 Å². The van der Waals surface area contributed by atoms with E-state index in [1.807, 2.05) is 0 Å². The molecule has 0 aromatic carbocycles. The number of carbonyl (C=O) groups is 1. The number of aliphatic hydroxyl groups is 2. The molecule has 5 aliphatic rings. The van der Waals surface area contributed by atoms with Crippen molar-refractivity contribution < 1.29 is 28.0 Å². The summed E-state index contributed by atoms with van der Waals surface area (Å²) < 4.78 is 34.5. The van der Waals surface area contributed by atoms with Crippen LogP contribution in [0.4, 0.5) is 0 Å². The van der Waals surface area contributed by atoms with Gasteiger partial charge >= 0.3 is 0 Å². The molecular formula is C31H52NO6S-. The third kappa shape index (κ3) is 5.12. The maximum absolute atomic E-state index is 13.0. The molecule has 1 saturated heterocycles. The predicted octanol–water partition coefficient (Wildman–Crippen LogP) is 4.57. The highest BCUT2D eigenvalue weighted by atomic mass is 32.2. The summed E-state index contributed by atoms with van der Waals surface area (Å²) in [6.45, 7) is 10.0. The summed E-state index contributed by atoms with van der Waals surface area (Å²) in [6.07, 6.45) is 9.94. The summed E-state index contributed by atoms with van der Waals surface area (Å²) in [7, 11) is -4.37. The van der Waals surface area contributed by atoms with Crippen LogP contribution in [0.3, 0.4) is 0 Å². The average molecular weight is 567 g/mol. The SMILES string of the molecule is CC[C@H]1[C@@H](O)[C@@H]2[C@H](CC[C@]3(C)[C@@H]([C@H](C)CCC(=O)N4CCC[C@H](S(=O)(=O)[O-])C4)CC[C@@H]23)[C@@]2(C)CC[C@@H](O)C[C@@H]12. The Labute approximate surface area is 236 Å². The van der Waals surface area contributed by atoms with Gasteiger partial charge in [-0.3, -0.25) is 4.79 Å². The minimum Gasteiger partial charge on any atom is -0.748 e. The van der Waals surface area contributed by atoms with Crippen LogP contribution in [0.1, 0.15) is 105 Å². The van der Waals surface area contributed by atoms with Crippen LogP contribution >= 0.6 is 0 Å². The smallest absolute Gasteiger partial charge is 0.222 e. The van der Waals surface area contributed by atoms with E-state index in [0.717, 1.165) is 51.4 Å². The number of piperidine rings is 1. The minimum absolute atomic E-state index is 0.0226. The Hall–Kier alpha value is -0.700. The molecule has 0 bridgehead atoms. The highest BCUT2D eigenvalue weighted by Gasteiger charge is 2.64. The molecule has 2 N–H and O–H groups in total. The van der Waals surface area contributed by atoms with E-state index >= 15 is 0 Å². The number of nitrogens with zero attached hydrogens (tertiary/aromatic N) is 1. The maximum atomic E-state index is 13.0. The van der Waals surface area contributed by atoms with Gasteiger partial charge in [-0.15, -0.1) is 0 Å². The molecule has 0 spiro atoms. The fraction of sp³-hybridized carbons (Fsp3) is 0.968. The highest BCUT2D eigenvalue weighted by molar-refractivity contribution is 7.86. The molecule has 7 nitrogen and oxygen atoms in total. The second-order valence-corrected chi connectivity index (χ2v) is 16.4. The zero-order chi connectivity index (χ0) is 28.3. The van der Waals surface area contributed by atoms with Crippen molar-refractivity contribution in [1.29, 1.82) is 0 Å². The van der Waals surface area contributed by atoms with E-state index in [-0.39, 0.29) is 41.4 Å². The van der Waals surface area contributed by atoms with E-state index in [4.69, 9.17) is 0 Å². The van der Waals surface area contributed by atoms with E-state index in [1.54, 1.807) is 4.90 Å². The molecule has 5 fully saturated rings. The Kier molecular flexibility index (Phi) is 8.29. The van der Waals surface area contributed by atoms with E-state index in [2.05, 4.69) is 27.7 Å². The lowest BCUT2D eigenvalue weighted by Crippen LogP contribution is -2.62. The average Bonchev–Trinajstić information content (AvgIpc) is 3.25. The molecule has 0 aromatic rings. The zero-order valence-electron chi connectivity index (χ0n) is 24.6. The van der Waals surface area contributed by atoms with Crippen LogP contribution in [0.2, 0.25) is 0 Å². The van der Waals surface area contributed by atoms with Gasteiger partial charge in [0.2, 0.25) is 5.91 Å². The van der Waals surface area contributed by atoms with Crippen molar-refractivity contribution in [2.45, 2.75) is 122 Å². The number of likely N-dealkylation sites (tertiary alicyclic amines) is 1. The number of carbonyl (C=O) groups excluding carboxylic acids is 1. The Morgan fingerprint density at radius 2 is 1.72 bits per heavy atom. The van der Waals surface area contributed by atoms with E-state index < -0.39 is 15.4 Å². The normalized spacial score (nSPS) is 47.2. The Morgan fingerprint density at radius 1 is 1.03 bits per heavy atom. The number of amides is 1. The molecule has 224 valence electrons. The first kappa shape index (κ1) is 29.8. The number of rotatable bonds is 6. The van der Waals surface area contributed by atoms with Crippen LogP contribution < -0.4 is 0 Å². The third-order valence-electron chi connectivity index (χ3n) is 13.1. The molecule has 8 heteroatoms. The van der Waals surface area contributed by atoms with Crippen molar-refractivity contribution in [1.82, 2.24) is 4.90 Å². The molecule has 4 saturated carbocycles. The summed E-state index contributed by atoms with van der Waals surface area (Å²) in [6, 6.07) is 0. The van der Waals surface area contributed by atoms with Crippen LogP contribution in [0.25, 0.3) is 0 Å². The zero-order valence-corrected chi connectivity index (χ0v) is 25.4. The van der Waals surface area contributed by atoms with Gasteiger partial charge in [0.25, 0.3) is 0 Å². The molecule has 5 rings (SSSR count). The predicted molar refractivity (Wildman–Crippen MR) is 149 cm³/mol. The second kappa shape index (κ2) is 10.9. The van der Waals surface area contributed by atoms with Crippen molar-refractivity contribution in [2.24, 2.45) is 52.3 Å². The Bertz CT molecular complexity index is 1020. The Morgan fingerprint density at radius 3 is 2.41 bits per heavy atom. The lowest BCUT2D eigenvalue weighted by molar-refractivity contribution is -0.203. The monoisotopic (exact) mass is 566 g/mol. The van der Waals surface area contributed by atoms with Crippen LogP contribution in [0.15, 0.2) is 0 Å². The standard InChI is InChI=1S/C31H53NO6S/c1-5-22-26-17-20(33)12-14-31(26,4)25-13-15-30(3)23(9-10-24(30)28(25)29(22)35)19(2)8-11-27(34)32-16-6-7-21(18-32)39(36,37)38/h19-26,28-29,33,35H,5-18H2,1-4H3,(H,36,37,38)/p-1/t19-,20-,21+,22-,23-,24+,25+,26+,28+,29-,30-,31-/m1/s1. The second-order valence-electron chi connectivity index (χ2n) is 14.7. The lowest BCUT2D eigenvalue weighted by Gasteiger charge is -2.64. The maximum Gasteiger partial charge on any atom is 0.222 e. The van der Waals surface area contributed by atoms with Gasteiger partial charge in [-0.2, -0.15) is 0 Å². The third-order valence-corrected chi connectivity index (χ3v) is 14.3. The van der Waals surface area contributed by atoms with Crippen LogP contribution in [0.5, 0.6) is 0 Å². The first-order valence-electron chi connectivity index (χ1n) is 15.9. The molecule has 0 unspecified atom stereocenters. The van der Waals surface area contributed by atoms with Gasteiger partial charge in [0.15, 0.2) is 0 Å². The van der Waals surface area contributed by atoms with Crippen molar-refractivity contribution in [3.8, 4) is 0 Å². The lowest BCUT2D eigenvalue weighted by atomic mass is 9.41. The van der Waals surface area contributed by atoms with Crippen LogP contribution in [-0.4, -0.2) is 64.5 Å². The molecule has 1 heterocycles. The van der Waals surface area contributed by atoms with Gasteiger partial charge in [0.05, 0.1) is 27.6 Å². The molecule has 39 heavy (non-hydrogen) atoms. The van der Waals surface area contributed by atoms with Crippen LogP contribution in [0, 0.1) is 52.3 Å². The Balaban J connectivity index is 1.27. The minimum atomic E-state index is -4.37. The van der Waals surface area contributed by atoms with Gasteiger partial charge in [0.1, 0.15) is 0 Å². The summed E-state index contributed by atoms with van der Waals surface area (Å²) in [5.74, 6) is 2.87. The number of hydrogen-bond donors (Lipinski definition) is 2. The first-order chi connectivity index (χ1) is 18.3. The number of aliphatic hydroxyl groups excluding tert-OH is 2. The topological polar surface area (TPSA) is 118 Å². The number of hydrogen-bond acceptors (Lipinski definition) is 6. The van der Waals surface area contributed by atoms with Gasteiger partial charge < -0.3 is 19.7 Å². The van der Waals surface area contributed by atoms with Crippen molar-refractivity contribution in [2.75, 3.05) is 13.1 Å². The molecular weight excluding hydrogens is 514 g/mol. The molecule has 4 aliphatic carbocycles. The van der Waals surface area contributed by atoms with E-state index in [9.17, 15) is 28.0 Å². The quantitative estimate of drug-likeness (QED) is 0.455. The molecule has 12 atom stereocenters. The fourth-order valence-corrected chi connectivity index (χ4v) is 11.9. The largest absolute Gasteiger partial charge is 0.748 e. The highest BCUT2D eigenvalue weighted by Crippen LogP contribution is 2.69. The molecule has 1 amide bonds. The first-order valence-corrected chi connectivity index (χ1v) is 17.4. The van der Waals surface area contributed by atoms with E-state index in [1.165, 1.54) is 6.42 Å². The van der Waals surface area contributed by atoms with Gasteiger partial charge in [-0.25, -0.2) is 8.42 Å². The van der Waals surface area contributed by atoms with Gasteiger partial charge in [0, 0.05) is 19.5 Å².